The summed E-state index contributed by atoms with van der Waals surface area (Å²) in [6.45, 7) is 13.4. The highest BCUT2D eigenvalue weighted by Gasteiger charge is 2.20. The molecule has 0 radical (unpaired) electrons. The van der Waals surface area contributed by atoms with Gasteiger partial charge in [0.1, 0.15) is 11.5 Å². The Kier molecular flexibility index (Phi) is 12.2. The van der Waals surface area contributed by atoms with Crippen molar-refractivity contribution in [1.29, 1.82) is 0 Å². The van der Waals surface area contributed by atoms with Crippen LogP contribution in [0.1, 0.15) is 113 Å². The number of hydrogen-bond acceptors (Lipinski definition) is 3. The molecule has 3 heteroatoms. The fourth-order valence-electron chi connectivity index (χ4n) is 5.73. The molecule has 0 saturated carbocycles. The Morgan fingerprint density at radius 3 is 1.36 bits per heavy atom. The molecule has 0 aliphatic heterocycles. The number of rotatable bonds is 16. The Labute approximate surface area is 237 Å². The predicted octanol–water partition coefficient (Wildman–Crippen LogP) is 10.7. The number of aryl methyl sites for hydroxylation is 2. The summed E-state index contributed by atoms with van der Waals surface area (Å²) in [5, 5.41) is 11.0. The molecule has 3 nitrogen and oxygen atoms in total. The second-order valence-corrected chi connectivity index (χ2v) is 10.7. The quantitative estimate of drug-likeness (QED) is 0.200. The van der Waals surface area contributed by atoms with Crippen LogP contribution in [0.4, 0.5) is 0 Å². The molecule has 0 atom stereocenters. The number of hydrogen-bond donors (Lipinski definition) is 1. The Balaban J connectivity index is 2.09. The van der Waals surface area contributed by atoms with E-state index in [1.807, 2.05) is 12.1 Å². The molecule has 0 aromatic heterocycles. The third kappa shape index (κ3) is 7.59. The van der Waals surface area contributed by atoms with E-state index in [1.54, 1.807) is 6.07 Å². The third-order valence-electron chi connectivity index (χ3n) is 7.40. The molecule has 3 rings (SSSR count). The first-order chi connectivity index (χ1) is 19.0. The highest BCUT2D eigenvalue weighted by atomic mass is 16.5. The molecule has 212 valence electrons. The van der Waals surface area contributed by atoms with Gasteiger partial charge in [-0.05, 0) is 96.2 Å². The molecule has 0 bridgehead atoms. The summed E-state index contributed by atoms with van der Waals surface area (Å²) in [6.07, 6.45) is 12.7. The molecule has 39 heavy (non-hydrogen) atoms. The molecule has 0 fully saturated rings. The van der Waals surface area contributed by atoms with Gasteiger partial charge < -0.3 is 14.6 Å². The molecule has 0 aliphatic carbocycles. The van der Waals surface area contributed by atoms with Crippen LogP contribution in [0.5, 0.6) is 28.7 Å². The predicted molar refractivity (Wildman–Crippen MR) is 165 cm³/mol. The Morgan fingerprint density at radius 2 is 0.897 bits per heavy atom. The largest absolute Gasteiger partial charge is 0.504 e. The second-order valence-electron chi connectivity index (χ2n) is 10.7. The summed E-state index contributed by atoms with van der Waals surface area (Å²) in [5.41, 5.74) is 8.26. The van der Waals surface area contributed by atoms with Crippen molar-refractivity contribution in [3.05, 3.63) is 75.8 Å². The van der Waals surface area contributed by atoms with Gasteiger partial charge in [0.2, 0.25) is 5.75 Å². The van der Waals surface area contributed by atoms with Gasteiger partial charge in [-0.2, -0.15) is 0 Å². The maximum atomic E-state index is 11.0. The maximum Gasteiger partial charge on any atom is 0.211 e. The van der Waals surface area contributed by atoms with Crippen molar-refractivity contribution >= 4 is 0 Å². The normalized spacial score (nSPS) is 11.1. The van der Waals surface area contributed by atoms with Gasteiger partial charge in [0.25, 0.3) is 0 Å². The van der Waals surface area contributed by atoms with E-state index in [0.29, 0.717) is 11.5 Å². The van der Waals surface area contributed by atoms with Crippen LogP contribution in [-0.2, 0) is 38.5 Å². The van der Waals surface area contributed by atoms with Crippen LogP contribution < -0.4 is 9.47 Å². The lowest BCUT2D eigenvalue weighted by atomic mass is 9.91. The van der Waals surface area contributed by atoms with Crippen molar-refractivity contribution in [3.63, 3.8) is 0 Å². The minimum Gasteiger partial charge on any atom is -0.504 e. The van der Waals surface area contributed by atoms with E-state index in [1.165, 1.54) is 33.4 Å². The first-order valence-corrected chi connectivity index (χ1v) is 15.5. The van der Waals surface area contributed by atoms with Crippen molar-refractivity contribution in [3.8, 4) is 28.7 Å². The average molecular weight is 531 g/mol. The molecular formula is C36H50O3. The van der Waals surface area contributed by atoms with Gasteiger partial charge in [0.05, 0.1) is 0 Å². The highest BCUT2D eigenvalue weighted by Crippen LogP contribution is 2.44. The SMILES string of the molecule is CCCc1ccc(Oc2cccc(O)c2Oc2ccc(CCC)c(CCC)c2CCC)c(CCC)c1CCC. The number of phenolic OH excluding ortho intramolecular Hbond substituents is 1. The Hall–Kier alpha value is -2.94. The summed E-state index contributed by atoms with van der Waals surface area (Å²) in [6, 6.07) is 14.1. The summed E-state index contributed by atoms with van der Waals surface area (Å²) < 4.78 is 13.2. The topological polar surface area (TPSA) is 38.7 Å². The molecule has 3 aromatic carbocycles. The molecule has 1 N–H and O–H groups in total. The molecule has 0 aliphatic rings. The van der Waals surface area contributed by atoms with E-state index in [2.05, 4.69) is 65.8 Å². The maximum absolute atomic E-state index is 11.0. The van der Waals surface area contributed by atoms with Gasteiger partial charge in [-0.15, -0.1) is 0 Å². The summed E-state index contributed by atoms with van der Waals surface area (Å²) >= 11 is 0. The third-order valence-corrected chi connectivity index (χ3v) is 7.40. The fourth-order valence-corrected chi connectivity index (χ4v) is 5.73. The van der Waals surface area contributed by atoms with Crippen molar-refractivity contribution < 1.29 is 14.6 Å². The second kappa shape index (κ2) is 15.6. The Morgan fingerprint density at radius 1 is 0.462 bits per heavy atom. The highest BCUT2D eigenvalue weighted by molar-refractivity contribution is 5.57. The van der Waals surface area contributed by atoms with Crippen LogP contribution in [0.2, 0.25) is 0 Å². The number of phenols is 1. The van der Waals surface area contributed by atoms with Gasteiger partial charge in [-0.25, -0.2) is 0 Å². The minimum absolute atomic E-state index is 0.0954. The number of para-hydroxylation sites is 1. The van der Waals surface area contributed by atoms with Gasteiger partial charge in [0.15, 0.2) is 11.5 Å². The van der Waals surface area contributed by atoms with Crippen molar-refractivity contribution in [2.24, 2.45) is 0 Å². The molecule has 0 heterocycles. The summed E-state index contributed by atoms with van der Waals surface area (Å²) in [7, 11) is 0. The smallest absolute Gasteiger partial charge is 0.211 e. The van der Waals surface area contributed by atoms with Crippen LogP contribution in [0.3, 0.4) is 0 Å². The molecule has 0 amide bonds. The van der Waals surface area contributed by atoms with Gasteiger partial charge in [0, 0.05) is 0 Å². The minimum atomic E-state index is 0.0954. The van der Waals surface area contributed by atoms with Gasteiger partial charge in [-0.1, -0.05) is 98.3 Å². The Bertz CT molecular complexity index is 1190. The van der Waals surface area contributed by atoms with E-state index >= 15 is 0 Å². The summed E-state index contributed by atoms with van der Waals surface area (Å²) in [4.78, 5) is 0. The van der Waals surface area contributed by atoms with E-state index in [4.69, 9.17) is 9.47 Å². The van der Waals surface area contributed by atoms with Crippen LogP contribution in [0.25, 0.3) is 0 Å². The lowest BCUT2D eigenvalue weighted by Crippen LogP contribution is -2.05. The first-order valence-electron chi connectivity index (χ1n) is 15.5. The monoisotopic (exact) mass is 530 g/mol. The summed E-state index contributed by atoms with van der Waals surface area (Å²) in [5.74, 6) is 2.73. The first kappa shape index (κ1) is 30.6. The van der Waals surface area contributed by atoms with Crippen molar-refractivity contribution in [1.82, 2.24) is 0 Å². The van der Waals surface area contributed by atoms with Crippen LogP contribution in [-0.4, -0.2) is 5.11 Å². The van der Waals surface area contributed by atoms with E-state index in [0.717, 1.165) is 88.5 Å². The van der Waals surface area contributed by atoms with Crippen LogP contribution in [0, 0.1) is 0 Å². The molecule has 0 saturated heterocycles. The van der Waals surface area contributed by atoms with Crippen molar-refractivity contribution in [2.75, 3.05) is 0 Å². The lowest BCUT2D eigenvalue weighted by molar-refractivity contribution is 0.377. The number of ether oxygens (including phenoxy) is 2. The van der Waals surface area contributed by atoms with E-state index in [-0.39, 0.29) is 5.75 Å². The number of aromatic hydroxyl groups is 1. The zero-order chi connectivity index (χ0) is 28.2. The molecule has 3 aromatic rings. The molecule has 0 unspecified atom stereocenters. The fraction of sp³-hybridized carbons (Fsp3) is 0.500. The van der Waals surface area contributed by atoms with E-state index < -0.39 is 0 Å². The zero-order valence-corrected chi connectivity index (χ0v) is 25.3. The van der Waals surface area contributed by atoms with Gasteiger partial charge >= 0.3 is 0 Å². The van der Waals surface area contributed by atoms with E-state index in [9.17, 15) is 5.11 Å². The number of benzene rings is 3. The molecular weight excluding hydrogens is 480 g/mol. The van der Waals surface area contributed by atoms with Crippen LogP contribution in [0.15, 0.2) is 42.5 Å². The zero-order valence-electron chi connectivity index (χ0n) is 25.3. The molecule has 0 spiro atoms. The standard InChI is InChI=1S/C36H50O3/c1-7-14-26-22-24-33(30(18-11-5)28(26)16-9-3)38-35-21-13-20-32(37)36(35)39-34-25-23-27(15-8-2)29(17-10-4)31(34)19-12-6/h13,20-25,37H,7-12,14-19H2,1-6H3. The average Bonchev–Trinajstić information content (AvgIpc) is 2.92. The van der Waals surface area contributed by atoms with Crippen LogP contribution >= 0.6 is 0 Å². The van der Waals surface area contributed by atoms with Crippen molar-refractivity contribution in [2.45, 2.75) is 119 Å². The lowest BCUT2D eigenvalue weighted by Gasteiger charge is -2.22. The van der Waals surface area contributed by atoms with Gasteiger partial charge in [-0.3, -0.25) is 0 Å².